The standard InChI is InChI=1S/C25H22F3N3O2/c1-15(18-10-8-17(13-29)9-11-18)31-14-21(24(33)30(3)4)23(32)22(16(31)2)19-6-5-7-20(12-19)25(26,27)28/h5-12,14-15H,1-4H3. The summed E-state index contributed by atoms with van der Waals surface area (Å²) in [4.78, 5) is 27.3. The Hall–Kier alpha value is -3.86. The summed E-state index contributed by atoms with van der Waals surface area (Å²) >= 11 is 0. The number of halogens is 3. The van der Waals surface area contributed by atoms with E-state index in [0.717, 1.165) is 17.7 Å². The molecule has 0 N–H and O–H groups in total. The average molecular weight is 453 g/mol. The highest BCUT2D eigenvalue weighted by atomic mass is 19.4. The van der Waals surface area contributed by atoms with Crippen LogP contribution in [-0.2, 0) is 6.18 Å². The Bertz CT molecular complexity index is 1300. The fourth-order valence-corrected chi connectivity index (χ4v) is 3.71. The second-order valence-electron chi connectivity index (χ2n) is 7.93. The van der Waals surface area contributed by atoms with Gasteiger partial charge in [-0.3, -0.25) is 9.59 Å². The third-order valence-electron chi connectivity index (χ3n) is 5.54. The van der Waals surface area contributed by atoms with Crippen molar-refractivity contribution >= 4 is 5.91 Å². The molecule has 0 radical (unpaired) electrons. The Labute approximate surface area is 189 Å². The van der Waals surface area contributed by atoms with E-state index < -0.39 is 23.1 Å². The summed E-state index contributed by atoms with van der Waals surface area (Å²) in [7, 11) is 3.00. The third-order valence-corrected chi connectivity index (χ3v) is 5.54. The van der Waals surface area contributed by atoms with Crippen molar-refractivity contribution in [2.45, 2.75) is 26.1 Å². The fraction of sp³-hybridized carbons (Fsp3) is 0.240. The summed E-state index contributed by atoms with van der Waals surface area (Å²) in [5, 5.41) is 9.04. The third kappa shape index (κ3) is 4.67. The number of benzene rings is 2. The van der Waals surface area contributed by atoms with Gasteiger partial charge < -0.3 is 9.47 Å². The molecule has 170 valence electrons. The molecule has 0 fully saturated rings. The van der Waals surface area contributed by atoms with Crippen molar-refractivity contribution in [3.8, 4) is 17.2 Å². The van der Waals surface area contributed by atoms with E-state index in [-0.39, 0.29) is 22.7 Å². The van der Waals surface area contributed by atoms with Crippen LogP contribution >= 0.6 is 0 Å². The number of rotatable bonds is 4. The molecule has 0 spiro atoms. The topological polar surface area (TPSA) is 66.1 Å². The van der Waals surface area contributed by atoms with Gasteiger partial charge in [-0.2, -0.15) is 18.4 Å². The second-order valence-corrected chi connectivity index (χ2v) is 7.93. The number of carbonyl (C=O) groups is 1. The Morgan fingerprint density at radius 3 is 2.30 bits per heavy atom. The Morgan fingerprint density at radius 2 is 1.76 bits per heavy atom. The Kier molecular flexibility index (Phi) is 6.45. The van der Waals surface area contributed by atoms with Crippen molar-refractivity contribution in [1.82, 2.24) is 9.47 Å². The van der Waals surface area contributed by atoms with E-state index in [1.165, 1.54) is 37.3 Å². The van der Waals surface area contributed by atoms with E-state index in [4.69, 9.17) is 5.26 Å². The van der Waals surface area contributed by atoms with Gasteiger partial charge in [0.15, 0.2) is 0 Å². The zero-order valence-corrected chi connectivity index (χ0v) is 18.6. The summed E-state index contributed by atoms with van der Waals surface area (Å²) in [6, 6.07) is 13.0. The highest BCUT2D eigenvalue weighted by molar-refractivity contribution is 5.95. The van der Waals surface area contributed by atoms with Gasteiger partial charge in [0.2, 0.25) is 5.43 Å². The molecular formula is C25H22F3N3O2. The van der Waals surface area contributed by atoms with E-state index in [9.17, 15) is 22.8 Å². The summed E-state index contributed by atoms with van der Waals surface area (Å²) in [5.41, 5.74) is 0.180. The molecule has 1 unspecified atom stereocenters. The van der Waals surface area contributed by atoms with E-state index in [1.807, 2.05) is 13.0 Å². The molecule has 8 heteroatoms. The first-order valence-electron chi connectivity index (χ1n) is 10.1. The van der Waals surface area contributed by atoms with Gasteiger partial charge in [-0.1, -0.05) is 24.3 Å². The van der Waals surface area contributed by atoms with Crippen molar-refractivity contribution in [2.24, 2.45) is 0 Å². The molecule has 1 atom stereocenters. The molecule has 3 aromatic rings. The molecule has 3 rings (SSSR count). The maximum atomic E-state index is 13.3. The molecule has 2 aromatic carbocycles. The minimum absolute atomic E-state index is 0.0364. The second kappa shape index (κ2) is 8.94. The Balaban J connectivity index is 2.29. The smallest absolute Gasteiger partial charge is 0.345 e. The molecule has 0 aliphatic heterocycles. The van der Waals surface area contributed by atoms with Crippen molar-refractivity contribution in [2.75, 3.05) is 14.1 Å². The summed E-state index contributed by atoms with van der Waals surface area (Å²) < 4.78 is 41.7. The summed E-state index contributed by atoms with van der Waals surface area (Å²) in [6.07, 6.45) is -3.13. The summed E-state index contributed by atoms with van der Waals surface area (Å²) in [6.45, 7) is 3.49. The van der Waals surface area contributed by atoms with Gasteiger partial charge >= 0.3 is 6.18 Å². The molecule has 0 saturated heterocycles. The van der Waals surface area contributed by atoms with Crippen molar-refractivity contribution < 1.29 is 18.0 Å². The number of alkyl halides is 3. The predicted octanol–water partition coefficient (Wildman–Crippen LogP) is 5.03. The molecule has 0 bridgehead atoms. The lowest BCUT2D eigenvalue weighted by Crippen LogP contribution is -2.31. The van der Waals surface area contributed by atoms with Crippen LogP contribution in [0.3, 0.4) is 0 Å². The normalized spacial score (nSPS) is 12.2. The monoisotopic (exact) mass is 453 g/mol. The molecule has 1 heterocycles. The number of pyridine rings is 1. The van der Waals surface area contributed by atoms with E-state index >= 15 is 0 Å². The van der Waals surface area contributed by atoms with Crippen LogP contribution in [0.4, 0.5) is 13.2 Å². The molecule has 0 aliphatic carbocycles. The maximum absolute atomic E-state index is 13.3. The number of hydrogen-bond acceptors (Lipinski definition) is 3. The lowest BCUT2D eigenvalue weighted by atomic mass is 9.97. The molecule has 5 nitrogen and oxygen atoms in total. The molecule has 33 heavy (non-hydrogen) atoms. The number of carbonyl (C=O) groups excluding carboxylic acids is 1. The first kappa shape index (κ1) is 23.8. The Morgan fingerprint density at radius 1 is 1.12 bits per heavy atom. The van der Waals surface area contributed by atoms with Crippen LogP contribution in [0.1, 0.15) is 45.7 Å². The van der Waals surface area contributed by atoms with Crippen LogP contribution in [0.5, 0.6) is 0 Å². The van der Waals surface area contributed by atoms with Crippen LogP contribution < -0.4 is 5.43 Å². The molecule has 0 aliphatic rings. The van der Waals surface area contributed by atoms with Gasteiger partial charge in [-0.15, -0.1) is 0 Å². The van der Waals surface area contributed by atoms with Crippen LogP contribution in [0.2, 0.25) is 0 Å². The van der Waals surface area contributed by atoms with Gasteiger partial charge in [0.1, 0.15) is 5.56 Å². The lowest BCUT2D eigenvalue weighted by molar-refractivity contribution is -0.137. The van der Waals surface area contributed by atoms with Crippen molar-refractivity contribution in [1.29, 1.82) is 5.26 Å². The van der Waals surface area contributed by atoms with Gasteiger partial charge in [-0.25, -0.2) is 0 Å². The first-order chi connectivity index (χ1) is 15.5. The molecule has 0 saturated carbocycles. The SMILES string of the molecule is Cc1c(-c2cccc(C(F)(F)F)c2)c(=O)c(C(=O)N(C)C)cn1C(C)c1ccc(C#N)cc1. The number of aromatic nitrogens is 1. The number of amides is 1. The van der Waals surface area contributed by atoms with Gasteiger partial charge in [0.25, 0.3) is 5.91 Å². The average Bonchev–Trinajstić information content (AvgIpc) is 2.78. The molecule has 1 aromatic heterocycles. The van der Waals surface area contributed by atoms with E-state index in [2.05, 4.69) is 0 Å². The molecular weight excluding hydrogens is 431 g/mol. The van der Waals surface area contributed by atoms with Crippen molar-refractivity contribution in [3.05, 3.63) is 92.9 Å². The first-order valence-corrected chi connectivity index (χ1v) is 10.1. The van der Waals surface area contributed by atoms with Crippen LogP contribution in [0.25, 0.3) is 11.1 Å². The quantitative estimate of drug-likeness (QED) is 0.557. The zero-order chi connectivity index (χ0) is 24.5. The molecule has 1 amide bonds. The summed E-state index contributed by atoms with van der Waals surface area (Å²) in [5.74, 6) is -0.547. The minimum Gasteiger partial charge on any atom is -0.345 e. The fourth-order valence-electron chi connectivity index (χ4n) is 3.71. The minimum atomic E-state index is -4.57. The highest BCUT2D eigenvalue weighted by Gasteiger charge is 2.31. The van der Waals surface area contributed by atoms with E-state index in [0.29, 0.717) is 11.3 Å². The zero-order valence-electron chi connectivity index (χ0n) is 18.6. The number of hydrogen-bond donors (Lipinski definition) is 0. The van der Waals surface area contributed by atoms with Gasteiger partial charge in [0.05, 0.1) is 23.2 Å². The van der Waals surface area contributed by atoms with Crippen LogP contribution in [0, 0.1) is 18.3 Å². The van der Waals surface area contributed by atoms with Crippen LogP contribution in [0.15, 0.2) is 59.5 Å². The predicted molar refractivity (Wildman–Crippen MR) is 119 cm³/mol. The van der Waals surface area contributed by atoms with Crippen LogP contribution in [-0.4, -0.2) is 29.5 Å². The largest absolute Gasteiger partial charge is 0.416 e. The van der Waals surface area contributed by atoms with Gasteiger partial charge in [-0.05, 0) is 49.2 Å². The van der Waals surface area contributed by atoms with Gasteiger partial charge in [0, 0.05) is 31.5 Å². The van der Waals surface area contributed by atoms with E-state index in [1.54, 1.807) is 35.8 Å². The highest BCUT2D eigenvalue weighted by Crippen LogP contribution is 2.33. The van der Waals surface area contributed by atoms with Crippen molar-refractivity contribution in [3.63, 3.8) is 0 Å². The maximum Gasteiger partial charge on any atom is 0.416 e. The number of nitrogens with zero attached hydrogens (tertiary/aromatic N) is 3. The number of nitriles is 1. The lowest BCUT2D eigenvalue weighted by Gasteiger charge is -2.24.